The van der Waals surface area contributed by atoms with Crippen molar-refractivity contribution in [2.75, 3.05) is 32.2 Å². The van der Waals surface area contributed by atoms with Crippen LogP contribution in [0.2, 0.25) is 0 Å². The third-order valence-corrected chi connectivity index (χ3v) is 3.74. The van der Waals surface area contributed by atoms with E-state index >= 15 is 0 Å². The molecule has 0 unspecified atom stereocenters. The third-order valence-electron chi connectivity index (χ3n) is 3.74. The molecule has 1 atom stereocenters. The maximum Gasteiger partial charge on any atom is 0.411 e. The summed E-state index contributed by atoms with van der Waals surface area (Å²) >= 11 is 0. The van der Waals surface area contributed by atoms with Gasteiger partial charge in [0.1, 0.15) is 11.7 Å². The number of carbonyl (C=O) groups excluding carboxylic acids is 2. The summed E-state index contributed by atoms with van der Waals surface area (Å²) in [7, 11) is 1.77. The highest BCUT2D eigenvalue weighted by molar-refractivity contribution is 5.84. The van der Waals surface area contributed by atoms with E-state index < -0.39 is 11.7 Å². The largest absolute Gasteiger partial charge is 0.459 e. The second kappa shape index (κ2) is 11.8. The van der Waals surface area contributed by atoms with Crippen molar-refractivity contribution in [3.8, 4) is 0 Å². The Morgan fingerprint density at radius 1 is 1.14 bits per heavy atom. The van der Waals surface area contributed by atoms with Crippen LogP contribution in [0.15, 0.2) is 24.3 Å². The lowest BCUT2D eigenvalue weighted by atomic mass is 10.1. The Balaban J connectivity index is 2.45. The van der Waals surface area contributed by atoms with Gasteiger partial charge in [0.05, 0.1) is 19.9 Å². The first kappa shape index (κ1) is 24.9. The van der Waals surface area contributed by atoms with E-state index in [0.717, 1.165) is 5.56 Å². The molecule has 0 aliphatic carbocycles. The summed E-state index contributed by atoms with van der Waals surface area (Å²) in [5.74, 6) is 0.0336. The highest BCUT2D eigenvalue weighted by atomic mass is 16.6. The Labute approximate surface area is 174 Å². The highest BCUT2D eigenvalue weighted by Crippen LogP contribution is 2.13. The van der Waals surface area contributed by atoms with Crippen LogP contribution in [0.4, 0.5) is 10.5 Å². The van der Waals surface area contributed by atoms with Gasteiger partial charge >= 0.3 is 12.1 Å². The van der Waals surface area contributed by atoms with Crippen LogP contribution < -0.4 is 5.32 Å². The van der Waals surface area contributed by atoms with E-state index in [1.54, 1.807) is 11.9 Å². The van der Waals surface area contributed by atoms with Gasteiger partial charge in [-0.2, -0.15) is 0 Å². The van der Waals surface area contributed by atoms with Crippen molar-refractivity contribution in [3.05, 3.63) is 29.8 Å². The van der Waals surface area contributed by atoms with E-state index in [2.05, 4.69) is 19.2 Å². The van der Waals surface area contributed by atoms with Gasteiger partial charge in [-0.05, 0) is 59.2 Å². The molecule has 1 aromatic carbocycles. The number of carbonyl (C=O) groups is 2. The number of hydrogen-bond acceptors (Lipinski definition) is 6. The molecule has 1 amide bonds. The van der Waals surface area contributed by atoms with Gasteiger partial charge in [-0.25, -0.2) is 4.79 Å². The molecule has 1 aromatic rings. The minimum Gasteiger partial charge on any atom is -0.459 e. The molecule has 0 aliphatic rings. The Morgan fingerprint density at radius 3 is 2.31 bits per heavy atom. The molecule has 1 N–H and O–H groups in total. The van der Waals surface area contributed by atoms with Gasteiger partial charge in [0, 0.05) is 5.69 Å². The molecule has 164 valence electrons. The Hall–Kier alpha value is -2.12. The summed E-state index contributed by atoms with van der Waals surface area (Å²) in [6.45, 7) is 12.2. The molecule has 1 rings (SSSR count). The molecule has 0 saturated carbocycles. The predicted octanol–water partition coefficient (Wildman–Crippen LogP) is 4.21. The second-order valence-corrected chi connectivity index (χ2v) is 8.75. The number of likely N-dealkylation sites (N-methyl/N-ethyl adjacent to an activating group) is 1. The Morgan fingerprint density at radius 2 is 1.76 bits per heavy atom. The minimum absolute atomic E-state index is 0.126. The zero-order chi connectivity index (χ0) is 22.0. The monoisotopic (exact) mass is 408 g/mol. The normalized spacial score (nSPS) is 12.7. The summed E-state index contributed by atoms with van der Waals surface area (Å²) < 4.78 is 16.5. The number of ether oxygens (including phenoxy) is 3. The lowest BCUT2D eigenvalue weighted by Crippen LogP contribution is -2.35. The van der Waals surface area contributed by atoms with Crippen LogP contribution in [-0.2, 0) is 19.0 Å². The quantitative estimate of drug-likeness (QED) is 0.462. The number of benzene rings is 1. The maximum absolute atomic E-state index is 12.2. The van der Waals surface area contributed by atoms with E-state index in [1.807, 2.05) is 52.0 Å². The van der Waals surface area contributed by atoms with Crippen molar-refractivity contribution in [3.63, 3.8) is 0 Å². The summed E-state index contributed by atoms with van der Waals surface area (Å²) in [5.41, 5.74) is 1.28. The van der Waals surface area contributed by atoms with E-state index in [1.165, 1.54) is 0 Å². The fourth-order valence-electron chi connectivity index (χ4n) is 2.59. The van der Waals surface area contributed by atoms with Crippen molar-refractivity contribution < 1.29 is 23.8 Å². The first-order chi connectivity index (χ1) is 13.4. The number of rotatable bonds is 10. The minimum atomic E-state index is -0.514. The summed E-state index contributed by atoms with van der Waals surface area (Å²) in [6, 6.07) is 7.50. The lowest BCUT2D eigenvalue weighted by molar-refractivity contribution is -0.157. The molecular formula is C22H36N2O5. The van der Waals surface area contributed by atoms with Gasteiger partial charge in [-0.3, -0.25) is 15.0 Å². The smallest absolute Gasteiger partial charge is 0.411 e. The van der Waals surface area contributed by atoms with Crippen LogP contribution in [0.25, 0.3) is 0 Å². The van der Waals surface area contributed by atoms with Crippen LogP contribution in [-0.4, -0.2) is 55.6 Å². The summed E-state index contributed by atoms with van der Waals surface area (Å²) in [5, 5.41) is 2.73. The van der Waals surface area contributed by atoms with Crippen molar-refractivity contribution in [2.24, 2.45) is 5.92 Å². The first-order valence-electron chi connectivity index (χ1n) is 9.97. The molecule has 0 radical (unpaired) electrons. The second-order valence-electron chi connectivity index (χ2n) is 8.75. The lowest BCUT2D eigenvalue weighted by Gasteiger charge is -2.24. The number of hydrogen-bond donors (Lipinski definition) is 1. The molecule has 0 bridgehead atoms. The molecular weight excluding hydrogens is 372 g/mol. The molecule has 7 heteroatoms. The molecule has 0 spiro atoms. The highest BCUT2D eigenvalue weighted by Gasteiger charge is 2.19. The molecule has 0 saturated heterocycles. The molecule has 0 aromatic heterocycles. The number of esters is 1. The van der Waals surface area contributed by atoms with E-state index in [0.29, 0.717) is 18.0 Å². The average molecular weight is 409 g/mol. The SMILES string of the molecule is Cc1ccc(NC(=O)O[C@H](COCN(C)CC(=O)OC(C)(C)C)CC(C)C)cc1. The molecule has 29 heavy (non-hydrogen) atoms. The first-order valence-corrected chi connectivity index (χ1v) is 9.97. The van der Waals surface area contributed by atoms with Crippen LogP contribution in [0.3, 0.4) is 0 Å². The maximum atomic E-state index is 12.2. The van der Waals surface area contributed by atoms with Crippen LogP contribution in [0, 0.1) is 12.8 Å². The topological polar surface area (TPSA) is 77.1 Å². The molecule has 7 nitrogen and oxygen atoms in total. The summed E-state index contributed by atoms with van der Waals surface area (Å²) in [6.07, 6.45) is -0.211. The van der Waals surface area contributed by atoms with Gasteiger partial charge in [0.15, 0.2) is 0 Å². The van der Waals surface area contributed by atoms with E-state index in [9.17, 15) is 9.59 Å². The zero-order valence-corrected chi connectivity index (χ0v) is 18.8. The number of nitrogens with zero attached hydrogens (tertiary/aromatic N) is 1. The third kappa shape index (κ3) is 12.1. The number of anilines is 1. The van der Waals surface area contributed by atoms with Crippen molar-refractivity contribution in [2.45, 2.75) is 59.7 Å². The molecule has 0 aliphatic heterocycles. The zero-order valence-electron chi connectivity index (χ0n) is 18.8. The number of nitrogens with one attached hydrogen (secondary N) is 1. The Bertz CT molecular complexity index is 638. The van der Waals surface area contributed by atoms with Crippen molar-refractivity contribution in [1.82, 2.24) is 4.90 Å². The van der Waals surface area contributed by atoms with E-state index in [4.69, 9.17) is 14.2 Å². The van der Waals surface area contributed by atoms with E-state index in [-0.39, 0.29) is 32.0 Å². The number of aryl methyl sites for hydroxylation is 1. The fraction of sp³-hybridized carbons (Fsp3) is 0.636. The standard InChI is InChI=1S/C22H36N2O5/c1-16(2)12-19(28-21(26)23-18-10-8-17(3)9-11-18)14-27-15-24(7)13-20(25)29-22(4,5)6/h8-11,16,19H,12-15H2,1-7H3,(H,23,26)/t19-/m0/s1. The Kier molecular flexibility index (Phi) is 10.1. The van der Waals surface area contributed by atoms with Gasteiger partial charge in [0.25, 0.3) is 0 Å². The van der Waals surface area contributed by atoms with Crippen LogP contribution in [0.5, 0.6) is 0 Å². The molecule has 0 heterocycles. The number of amides is 1. The average Bonchev–Trinajstić information content (AvgIpc) is 2.54. The van der Waals surface area contributed by atoms with Crippen molar-refractivity contribution >= 4 is 17.7 Å². The fourth-order valence-corrected chi connectivity index (χ4v) is 2.59. The van der Waals surface area contributed by atoms with Gasteiger partial charge in [0.2, 0.25) is 0 Å². The predicted molar refractivity (Wildman–Crippen MR) is 114 cm³/mol. The molecule has 0 fully saturated rings. The van der Waals surface area contributed by atoms with Crippen molar-refractivity contribution in [1.29, 1.82) is 0 Å². The van der Waals surface area contributed by atoms with Gasteiger partial charge < -0.3 is 14.2 Å². The summed E-state index contributed by atoms with van der Waals surface area (Å²) in [4.78, 5) is 25.8. The van der Waals surface area contributed by atoms with Crippen LogP contribution in [0.1, 0.15) is 46.6 Å². The van der Waals surface area contributed by atoms with Gasteiger partial charge in [-0.15, -0.1) is 0 Å². The van der Waals surface area contributed by atoms with Crippen LogP contribution >= 0.6 is 0 Å². The van der Waals surface area contributed by atoms with Gasteiger partial charge in [-0.1, -0.05) is 31.5 Å².